The van der Waals surface area contributed by atoms with Crippen molar-refractivity contribution in [3.05, 3.63) is 16.5 Å². The summed E-state index contributed by atoms with van der Waals surface area (Å²) in [5, 5.41) is 4.98. The molecule has 1 rings (SSSR count). The fraction of sp³-hybridized carbons (Fsp3) is 0.429. The summed E-state index contributed by atoms with van der Waals surface area (Å²) in [4.78, 5) is 0.895. The number of hydrogen-bond donors (Lipinski definition) is 1. The number of aryl methyl sites for hydroxylation is 1. The zero-order valence-corrected chi connectivity index (χ0v) is 9.04. The van der Waals surface area contributed by atoms with E-state index in [1.54, 1.807) is 13.2 Å². The van der Waals surface area contributed by atoms with Crippen LogP contribution in [-0.2, 0) is 21.4 Å². The van der Waals surface area contributed by atoms with Gasteiger partial charge in [0.2, 0.25) is 10.0 Å². The molecule has 1 aromatic heterocycles. The third-order valence-corrected chi connectivity index (χ3v) is 4.18. The number of nitrogens with two attached hydrogens (primary N) is 1. The van der Waals surface area contributed by atoms with E-state index in [0.717, 1.165) is 21.8 Å². The molecular weight excluding hydrogens is 210 g/mol. The second-order valence-electron chi connectivity index (χ2n) is 2.65. The average molecular weight is 221 g/mol. The molecule has 0 bridgehead atoms. The van der Waals surface area contributed by atoms with Crippen molar-refractivity contribution in [2.75, 3.05) is 7.11 Å². The fourth-order valence-corrected chi connectivity index (χ4v) is 2.89. The average Bonchev–Trinajstić information content (AvgIpc) is 2.32. The summed E-state index contributed by atoms with van der Waals surface area (Å²) >= 11 is 1.15. The van der Waals surface area contributed by atoms with E-state index in [4.69, 9.17) is 9.88 Å². The predicted octanol–water partition coefficient (Wildman–Crippen LogP) is 0.850. The van der Waals surface area contributed by atoms with Gasteiger partial charge in [-0.05, 0) is 18.6 Å². The summed E-state index contributed by atoms with van der Waals surface area (Å²) in [7, 11) is -1.99. The third-order valence-electron chi connectivity index (χ3n) is 1.55. The Morgan fingerprint density at radius 3 is 2.62 bits per heavy atom. The molecule has 0 radical (unpaired) electrons. The highest BCUT2D eigenvalue weighted by Gasteiger charge is 2.13. The summed E-state index contributed by atoms with van der Waals surface area (Å²) in [6.07, 6.45) is 0. The van der Waals surface area contributed by atoms with Gasteiger partial charge in [0.1, 0.15) is 4.21 Å². The van der Waals surface area contributed by atoms with E-state index in [0.29, 0.717) is 6.61 Å². The predicted molar refractivity (Wildman–Crippen MR) is 51.1 cm³/mol. The first-order chi connectivity index (χ1) is 5.95. The van der Waals surface area contributed by atoms with Crippen molar-refractivity contribution in [1.29, 1.82) is 0 Å². The molecule has 0 spiro atoms. The van der Waals surface area contributed by atoms with Gasteiger partial charge in [-0.2, -0.15) is 0 Å². The van der Waals surface area contributed by atoms with Crippen molar-refractivity contribution in [3.8, 4) is 0 Å². The van der Waals surface area contributed by atoms with Crippen LogP contribution < -0.4 is 5.14 Å². The minimum Gasteiger partial charge on any atom is -0.379 e. The molecule has 0 saturated heterocycles. The van der Waals surface area contributed by atoms with E-state index in [9.17, 15) is 8.42 Å². The highest BCUT2D eigenvalue weighted by Crippen LogP contribution is 2.25. The molecular formula is C7H11NO3S2. The van der Waals surface area contributed by atoms with Crippen LogP contribution in [0.25, 0.3) is 0 Å². The monoisotopic (exact) mass is 221 g/mol. The van der Waals surface area contributed by atoms with E-state index in [-0.39, 0.29) is 4.21 Å². The molecule has 1 aromatic rings. The molecule has 0 atom stereocenters. The summed E-state index contributed by atoms with van der Waals surface area (Å²) in [5.74, 6) is 0. The standard InChI is InChI=1S/C7H11NO3S2/c1-5-3-7(13(8,9)10)12-6(5)4-11-2/h3H,4H2,1-2H3,(H2,8,9,10). The smallest absolute Gasteiger partial charge is 0.247 e. The maximum Gasteiger partial charge on any atom is 0.247 e. The van der Waals surface area contributed by atoms with Gasteiger partial charge in [0.15, 0.2) is 0 Å². The van der Waals surface area contributed by atoms with Crippen molar-refractivity contribution in [2.24, 2.45) is 5.14 Å². The number of ether oxygens (including phenoxy) is 1. The van der Waals surface area contributed by atoms with Gasteiger partial charge in [0.25, 0.3) is 0 Å². The molecule has 13 heavy (non-hydrogen) atoms. The van der Waals surface area contributed by atoms with Crippen LogP contribution >= 0.6 is 11.3 Å². The van der Waals surface area contributed by atoms with Crippen LogP contribution in [0.15, 0.2) is 10.3 Å². The highest BCUT2D eigenvalue weighted by molar-refractivity contribution is 7.91. The molecule has 0 aliphatic carbocycles. The number of hydrogen-bond acceptors (Lipinski definition) is 4. The van der Waals surface area contributed by atoms with E-state index in [2.05, 4.69) is 0 Å². The molecule has 0 aliphatic heterocycles. The lowest BCUT2D eigenvalue weighted by atomic mass is 10.3. The Morgan fingerprint density at radius 1 is 1.62 bits per heavy atom. The van der Waals surface area contributed by atoms with Gasteiger partial charge in [-0.3, -0.25) is 0 Å². The maximum atomic E-state index is 11.0. The van der Waals surface area contributed by atoms with Gasteiger partial charge in [-0.15, -0.1) is 11.3 Å². The molecule has 0 fully saturated rings. The Kier molecular flexibility index (Phi) is 3.07. The number of rotatable bonds is 3. The second kappa shape index (κ2) is 3.75. The van der Waals surface area contributed by atoms with Gasteiger partial charge in [0.05, 0.1) is 6.61 Å². The van der Waals surface area contributed by atoms with Crippen molar-refractivity contribution in [3.63, 3.8) is 0 Å². The Bertz CT molecular complexity index is 394. The minimum atomic E-state index is -3.56. The number of methoxy groups -OCH3 is 1. The van der Waals surface area contributed by atoms with E-state index in [1.807, 2.05) is 6.92 Å². The molecule has 6 heteroatoms. The Hall–Kier alpha value is -0.430. The fourth-order valence-electron chi connectivity index (χ4n) is 0.903. The molecule has 0 amide bonds. The van der Waals surface area contributed by atoms with Crippen LogP contribution in [0.5, 0.6) is 0 Å². The third kappa shape index (κ3) is 2.50. The zero-order chi connectivity index (χ0) is 10.1. The van der Waals surface area contributed by atoms with Gasteiger partial charge < -0.3 is 4.74 Å². The van der Waals surface area contributed by atoms with Gasteiger partial charge in [-0.25, -0.2) is 13.6 Å². The molecule has 1 heterocycles. The summed E-state index contributed by atoms with van der Waals surface area (Å²) in [5.41, 5.74) is 0.899. The number of primary sulfonamides is 1. The normalized spacial score (nSPS) is 11.9. The second-order valence-corrected chi connectivity index (χ2v) is 5.57. The summed E-state index contributed by atoms with van der Waals surface area (Å²) in [6.45, 7) is 2.26. The maximum absolute atomic E-state index is 11.0. The number of thiophene rings is 1. The van der Waals surface area contributed by atoms with E-state index >= 15 is 0 Å². The first kappa shape index (κ1) is 10.6. The van der Waals surface area contributed by atoms with Crippen molar-refractivity contribution in [1.82, 2.24) is 0 Å². The molecule has 0 aliphatic rings. The zero-order valence-electron chi connectivity index (χ0n) is 7.40. The molecule has 74 valence electrons. The van der Waals surface area contributed by atoms with Gasteiger partial charge >= 0.3 is 0 Å². The molecule has 0 saturated carbocycles. The summed E-state index contributed by atoms with van der Waals surface area (Å²) in [6, 6.07) is 1.56. The lowest BCUT2D eigenvalue weighted by Gasteiger charge is -1.94. The Labute approximate surface area is 81.4 Å². The van der Waals surface area contributed by atoms with Crippen LogP contribution in [-0.4, -0.2) is 15.5 Å². The van der Waals surface area contributed by atoms with Crippen molar-refractivity contribution in [2.45, 2.75) is 17.7 Å². The van der Waals surface area contributed by atoms with Crippen molar-refractivity contribution >= 4 is 21.4 Å². The lowest BCUT2D eigenvalue weighted by Crippen LogP contribution is -2.09. The van der Waals surface area contributed by atoms with Gasteiger partial charge in [0, 0.05) is 12.0 Å². The van der Waals surface area contributed by atoms with Crippen LogP contribution in [0, 0.1) is 6.92 Å². The van der Waals surface area contributed by atoms with E-state index in [1.165, 1.54) is 0 Å². The first-order valence-electron chi connectivity index (χ1n) is 3.56. The lowest BCUT2D eigenvalue weighted by molar-refractivity contribution is 0.187. The quantitative estimate of drug-likeness (QED) is 0.822. The molecule has 0 unspecified atom stereocenters. The summed E-state index contributed by atoms with van der Waals surface area (Å²) < 4.78 is 27.0. The Morgan fingerprint density at radius 2 is 2.23 bits per heavy atom. The largest absolute Gasteiger partial charge is 0.379 e. The molecule has 4 nitrogen and oxygen atoms in total. The van der Waals surface area contributed by atoms with Crippen LogP contribution in [0.3, 0.4) is 0 Å². The molecule has 2 N–H and O–H groups in total. The topological polar surface area (TPSA) is 69.4 Å². The van der Waals surface area contributed by atoms with Crippen LogP contribution in [0.2, 0.25) is 0 Å². The number of sulfonamides is 1. The van der Waals surface area contributed by atoms with Gasteiger partial charge in [-0.1, -0.05) is 0 Å². The van der Waals surface area contributed by atoms with E-state index < -0.39 is 10.0 Å². The van der Waals surface area contributed by atoms with Crippen LogP contribution in [0.1, 0.15) is 10.4 Å². The Balaban J connectivity index is 3.09. The SMILES string of the molecule is COCc1sc(S(N)(=O)=O)cc1C. The minimum absolute atomic E-state index is 0.192. The highest BCUT2D eigenvalue weighted by atomic mass is 32.2. The van der Waals surface area contributed by atoms with Crippen molar-refractivity contribution < 1.29 is 13.2 Å². The van der Waals surface area contributed by atoms with Crippen LogP contribution in [0.4, 0.5) is 0 Å². The first-order valence-corrected chi connectivity index (χ1v) is 5.92. The molecule has 0 aromatic carbocycles.